The Labute approximate surface area is 163 Å². The number of nitrogens with zero attached hydrogens (tertiary/aromatic N) is 2. The fraction of sp³-hybridized carbons (Fsp3) is 0.450. The van der Waals surface area contributed by atoms with Gasteiger partial charge in [-0.3, -0.25) is 9.59 Å². The SMILES string of the molecule is COC1(OC)CCC(C(C)=O)N(C(=O)c2sc(C)nc2-c2ccccc2)C1. The predicted molar refractivity (Wildman–Crippen MR) is 104 cm³/mol. The van der Waals surface area contributed by atoms with Crippen LogP contribution in [0, 0.1) is 6.92 Å². The van der Waals surface area contributed by atoms with Gasteiger partial charge in [0.05, 0.1) is 23.3 Å². The van der Waals surface area contributed by atoms with Crippen molar-refractivity contribution in [2.45, 2.75) is 38.5 Å². The maximum Gasteiger partial charge on any atom is 0.267 e. The minimum Gasteiger partial charge on any atom is -0.351 e. The summed E-state index contributed by atoms with van der Waals surface area (Å²) in [4.78, 5) is 32.4. The largest absolute Gasteiger partial charge is 0.351 e. The first-order valence-corrected chi connectivity index (χ1v) is 9.67. The number of Topliss-reactive ketones (excluding diaryl/α,β-unsaturated/α-hetero) is 1. The molecule has 2 aromatic rings. The first-order chi connectivity index (χ1) is 12.9. The summed E-state index contributed by atoms with van der Waals surface area (Å²) in [5.74, 6) is -1.14. The van der Waals surface area contributed by atoms with Gasteiger partial charge in [-0.1, -0.05) is 30.3 Å². The van der Waals surface area contributed by atoms with E-state index in [1.165, 1.54) is 18.3 Å². The van der Waals surface area contributed by atoms with E-state index >= 15 is 0 Å². The van der Waals surface area contributed by atoms with E-state index in [9.17, 15) is 9.59 Å². The number of likely N-dealkylation sites (tertiary alicyclic amines) is 1. The summed E-state index contributed by atoms with van der Waals surface area (Å²) >= 11 is 1.34. The van der Waals surface area contributed by atoms with E-state index in [0.717, 1.165) is 10.6 Å². The van der Waals surface area contributed by atoms with Crippen LogP contribution in [0.15, 0.2) is 30.3 Å². The highest BCUT2D eigenvalue weighted by molar-refractivity contribution is 7.14. The summed E-state index contributed by atoms with van der Waals surface area (Å²) in [6, 6.07) is 9.13. The standard InChI is InChI=1S/C20H24N2O4S/c1-13(23)16-10-11-20(25-3,26-4)12-22(16)19(24)18-17(21-14(2)27-18)15-8-6-5-7-9-15/h5-9,16H,10-12H2,1-4H3. The molecule has 2 heterocycles. The lowest BCUT2D eigenvalue weighted by Gasteiger charge is -2.44. The second-order valence-corrected chi connectivity index (χ2v) is 7.90. The van der Waals surface area contributed by atoms with E-state index in [1.54, 1.807) is 19.1 Å². The zero-order valence-corrected chi connectivity index (χ0v) is 16.8. The molecular formula is C20H24N2O4S. The second-order valence-electron chi connectivity index (χ2n) is 6.69. The Morgan fingerprint density at radius 3 is 2.48 bits per heavy atom. The number of aromatic nitrogens is 1. The third-order valence-electron chi connectivity index (χ3n) is 5.04. The number of ketones is 1. The van der Waals surface area contributed by atoms with Gasteiger partial charge in [0.15, 0.2) is 11.6 Å². The Morgan fingerprint density at radius 1 is 1.22 bits per heavy atom. The topological polar surface area (TPSA) is 68.7 Å². The number of carbonyl (C=O) groups excluding carboxylic acids is 2. The first-order valence-electron chi connectivity index (χ1n) is 8.85. The van der Waals surface area contributed by atoms with E-state index < -0.39 is 11.8 Å². The zero-order valence-electron chi connectivity index (χ0n) is 16.0. The smallest absolute Gasteiger partial charge is 0.267 e. The Kier molecular flexibility index (Phi) is 5.74. The number of aryl methyl sites for hydroxylation is 1. The van der Waals surface area contributed by atoms with Crippen molar-refractivity contribution in [1.82, 2.24) is 9.88 Å². The summed E-state index contributed by atoms with van der Waals surface area (Å²) in [6.45, 7) is 3.60. The maximum absolute atomic E-state index is 13.5. The Bertz CT molecular complexity index is 830. The molecular weight excluding hydrogens is 364 g/mol. The minimum absolute atomic E-state index is 0.0355. The van der Waals surface area contributed by atoms with Gasteiger partial charge in [-0.25, -0.2) is 4.98 Å². The predicted octanol–water partition coefficient (Wildman–Crippen LogP) is 3.30. The van der Waals surface area contributed by atoms with Crippen LogP contribution in [0.2, 0.25) is 0 Å². The molecule has 3 rings (SSSR count). The molecule has 6 nitrogen and oxygen atoms in total. The van der Waals surface area contributed by atoms with Gasteiger partial charge in [-0.2, -0.15) is 0 Å². The average molecular weight is 388 g/mol. The van der Waals surface area contributed by atoms with Crippen molar-refractivity contribution in [2.24, 2.45) is 0 Å². The van der Waals surface area contributed by atoms with E-state index in [0.29, 0.717) is 23.4 Å². The molecule has 1 aliphatic heterocycles. The molecule has 7 heteroatoms. The minimum atomic E-state index is -0.895. The van der Waals surface area contributed by atoms with Gasteiger partial charge in [0, 0.05) is 26.2 Å². The van der Waals surface area contributed by atoms with Crippen molar-refractivity contribution in [3.63, 3.8) is 0 Å². The molecule has 1 fully saturated rings. The third kappa shape index (κ3) is 3.81. The van der Waals surface area contributed by atoms with E-state index in [4.69, 9.17) is 9.47 Å². The Morgan fingerprint density at radius 2 is 1.89 bits per heavy atom. The maximum atomic E-state index is 13.5. The Balaban J connectivity index is 2.01. The fourth-order valence-corrected chi connectivity index (χ4v) is 4.41. The molecule has 1 amide bonds. The number of hydrogen-bond donors (Lipinski definition) is 0. The number of methoxy groups -OCH3 is 2. The van der Waals surface area contributed by atoms with Crippen LogP contribution in [0.3, 0.4) is 0 Å². The molecule has 1 aromatic carbocycles. The lowest BCUT2D eigenvalue weighted by atomic mass is 9.94. The molecule has 1 unspecified atom stereocenters. The number of benzene rings is 1. The van der Waals surface area contributed by atoms with Gasteiger partial charge in [0.1, 0.15) is 4.88 Å². The highest BCUT2D eigenvalue weighted by Gasteiger charge is 2.44. The van der Waals surface area contributed by atoms with Gasteiger partial charge in [-0.05, 0) is 20.3 Å². The highest BCUT2D eigenvalue weighted by atomic mass is 32.1. The molecule has 0 radical (unpaired) electrons. The number of thiazole rings is 1. The van der Waals surface area contributed by atoms with Crippen molar-refractivity contribution in [1.29, 1.82) is 0 Å². The fourth-order valence-electron chi connectivity index (χ4n) is 3.51. The lowest BCUT2D eigenvalue weighted by molar-refractivity contribution is -0.232. The van der Waals surface area contributed by atoms with Gasteiger partial charge in [0.2, 0.25) is 0 Å². The quantitative estimate of drug-likeness (QED) is 0.735. The van der Waals surface area contributed by atoms with Gasteiger partial charge in [0.25, 0.3) is 5.91 Å². The molecule has 0 aliphatic carbocycles. The zero-order chi connectivity index (χ0) is 19.6. The number of hydrogen-bond acceptors (Lipinski definition) is 6. The summed E-state index contributed by atoms with van der Waals surface area (Å²) < 4.78 is 11.1. The lowest BCUT2D eigenvalue weighted by Crippen LogP contribution is -2.58. The number of carbonyl (C=O) groups is 2. The van der Waals surface area contributed by atoms with E-state index in [1.807, 2.05) is 37.3 Å². The summed E-state index contributed by atoms with van der Waals surface area (Å²) in [7, 11) is 3.12. The molecule has 1 saturated heterocycles. The van der Waals surface area contributed by atoms with Crippen LogP contribution in [-0.4, -0.2) is 54.2 Å². The van der Waals surface area contributed by atoms with Crippen molar-refractivity contribution in [3.05, 3.63) is 40.2 Å². The molecule has 0 N–H and O–H groups in total. The van der Waals surface area contributed by atoms with Crippen LogP contribution in [0.25, 0.3) is 11.3 Å². The first kappa shape index (κ1) is 19.7. The van der Waals surface area contributed by atoms with Crippen LogP contribution in [0.4, 0.5) is 0 Å². The monoisotopic (exact) mass is 388 g/mol. The molecule has 0 spiro atoms. The molecule has 1 aromatic heterocycles. The number of amides is 1. The molecule has 0 bridgehead atoms. The summed E-state index contributed by atoms with van der Waals surface area (Å²) in [5.41, 5.74) is 1.53. The normalized spacial score (nSPS) is 19.1. The molecule has 27 heavy (non-hydrogen) atoms. The van der Waals surface area contributed by atoms with Gasteiger partial charge < -0.3 is 14.4 Å². The molecule has 144 valence electrons. The number of ether oxygens (including phenoxy) is 2. The van der Waals surface area contributed by atoms with Crippen molar-refractivity contribution in [2.75, 3.05) is 20.8 Å². The number of rotatable bonds is 5. The van der Waals surface area contributed by atoms with Crippen LogP contribution >= 0.6 is 11.3 Å². The van der Waals surface area contributed by atoms with Gasteiger partial charge >= 0.3 is 0 Å². The van der Waals surface area contributed by atoms with Crippen LogP contribution in [0.5, 0.6) is 0 Å². The van der Waals surface area contributed by atoms with Crippen LogP contribution < -0.4 is 0 Å². The molecule has 1 aliphatic rings. The summed E-state index contributed by atoms with van der Waals surface area (Å²) in [6.07, 6.45) is 1.06. The molecule has 1 atom stereocenters. The van der Waals surface area contributed by atoms with Crippen molar-refractivity contribution in [3.8, 4) is 11.3 Å². The second kappa shape index (κ2) is 7.88. The Hall–Kier alpha value is -2.09. The van der Waals surface area contributed by atoms with Crippen molar-refractivity contribution >= 4 is 23.0 Å². The highest BCUT2D eigenvalue weighted by Crippen LogP contribution is 2.34. The average Bonchev–Trinajstić information content (AvgIpc) is 3.09. The van der Waals surface area contributed by atoms with E-state index in [2.05, 4.69) is 4.98 Å². The van der Waals surface area contributed by atoms with Crippen LogP contribution in [0.1, 0.15) is 34.4 Å². The number of piperidine rings is 1. The van der Waals surface area contributed by atoms with Crippen molar-refractivity contribution < 1.29 is 19.1 Å². The third-order valence-corrected chi connectivity index (χ3v) is 5.99. The molecule has 0 saturated carbocycles. The summed E-state index contributed by atoms with van der Waals surface area (Å²) in [5, 5.41) is 0.804. The van der Waals surface area contributed by atoms with Gasteiger partial charge in [-0.15, -0.1) is 11.3 Å². The van der Waals surface area contributed by atoms with E-state index in [-0.39, 0.29) is 18.2 Å². The van der Waals surface area contributed by atoms with Crippen LogP contribution in [-0.2, 0) is 14.3 Å².